The Kier molecular flexibility index (Phi) is 21.1. The van der Waals surface area contributed by atoms with Gasteiger partial charge in [0.05, 0.1) is 0 Å². The van der Waals surface area contributed by atoms with E-state index in [4.69, 9.17) is 15.7 Å². The third-order valence-corrected chi connectivity index (χ3v) is 4.41. The van der Waals surface area contributed by atoms with Crippen LogP contribution in [-0.2, 0) is 9.59 Å². The first-order valence-corrected chi connectivity index (χ1v) is 10.5. The largest absolute Gasteiger partial charge is 0.490 e. The molecule has 0 bridgehead atoms. The van der Waals surface area contributed by atoms with E-state index in [-0.39, 0.29) is 5.91 Å². The van der Waals surface area contributed by atoms with Crippen LogP contribution in [0.2, 0.25) is 0 Å². The number of unbranched alkanes of at least 4 members (excludes halogenated alkanes) is 14. The molecule has 0 unspecified atom stereocenters. The molecule has 0 heterocycles. The highest BCUT2D eigenvalue weighted by Gasteiger charge is 2.38. The van der Waals surface area contributed by atoms with E-state index in [1.54, 1.807) is 0 Å². The van der Waals surface area contributed by atoms with Crippen molar-refractivity contribution in [2.24, 2.45) is 5.84 Å². The molecule has 0 rings (SSSR count). The number of hydrogen-bond donors (Lipinski definition) is 3. The van der Waals surface area contributed by atoms with Gasteiger partial charge in [-0.1, -0.05) is 96.8 Å². The maximum Gasteiger partial charge on any atom is 0.490 e. The lowest BCUT2D eigenvalue weighted by Gasteiger charge is -2.03. The molecule has 0 aliphatic heterocycles. The number of carbonyl (C=O) groups excluding carboxylic acids is 1. The Morgan fingerprint density at radius 3 is 1.29 bits per heavy atom. The molecule has 0 fully saturated rings. The predicted molar refractivity (Wildman–Crippen MR) is 106 cm³/mol. The SMILES string of the molecule is CCCCCCCCCCCCCCCCCC(=O)NN.O=C(O)C(F)(F)F. The Labute approximate surface area is 167 Å². The van der Waals surface area contributed by atoms with Gasteiger partial charge < -0.3 is 5.11 Å². The number of aliphatic carboxylic acids is 1. The Balaban J connectivity index is 0. The standard InChI is InChI=1S/C18H38N2O.C2HF3O2/c1-2-3-4-5-6-7-8-9-10-11-12-13-14-15-16-17-18(21)20-19;3-2(4,5)1(6)7/h2-17,19H2,1H3,(H,20,21);(H,6,7). The van der Waals surface area contributed by atoms with Crippen molar-refractivity contribution >= 4 is 11.9 Å². The molecule has 8 heteroatoms. The molecule has 0 aliphatic rings. The van der Waals surface area contributed by atoms with Crippen molar-refractivity contribution in [2.75, 3.05) is 0 Å². The van der Waals surface area contributed by atoms with Crippen molar-refractivity contribution in [3.8, 4) is 0 Å². The van der Waals surface area contributed by atoms with Crippen molar-refractivity contribution in [2.45, 2.75) is 116 Å². The van der Waals surface area contributed by atoms with E-state index in [1.807, 2.05) is 0 Å². The number of carboxylic acids is 1. The molecule has 0 aromatic carbocycles. The maximum atomic E-state index is 10.9. The summed E-state index contributed by atoms with van der Waals surface area (Å²) < 4.78 is 31.7. The van der Waals surface area contributed by atoms with E-state index in [0.717, 1.165) is 12.8 Å². The lowest BCUT2D eigenvalue weighted by Crippen LogP contribution is -2.29. The normalized spacial score (nSPS) is 10.9. The Bertz CT molecular complexity index is 378. The topological polar surface area (TPSA) is 92.4 Å². The Hall–Kier alpha value is -1.31. The molecule has 0 spiro atoms. The van der Waals surface area contributed by atoms with Gasteiger partial charge in [-0.25, -0.2) is 10.6 Å². The first-order valence-electron chi connectivity index (χ1n) is 10.5. The fourth-order valence-electron chi connectivity index (χ4n) is 2.73. The van der Waals surface area contributed by atoms with Crippen LogP contribution < -0.4 is 11.3 Å². The molecule has 168 valence electrons. The van der Waals surface area contributed by atoms with Crippen molar-refractivity contribution in [3.63, 3.8) is 0 Å². The van der Waals surface area contributed by atoms with Crippen molar-refractivity contribution in [1.29, 1.82) is 0 Å². The first-order chi connectivity index (χ1) is 13.3. The van der Waals surface area contributed by atoms with E-state index >= 15 is 0 Å². The molecule has 5 nitrogen and oxygen atoms in total. The molecule has 1 amide bonds. The van der Waals surface area contributed by atoms with Crippen LogP contribution in [0.4, 0.5) is 13.2 Å². The van der Waals surface area contributed by atoms with Crippen LogP contribution in [0.5, 0.6) is 0 Å². The van der Waals surface area contributed by atoms with Crippen LogP contribution in [0, 0.1) is 0 Å². The number of nitrogens with one attached hydrogen (secondary N) is 1. The van der Waals surface area contributed by atoms with Gasteiger partial charge in [0, 0.05) is 6.42 Å². The zero-order valence-electron chi connectivity index (χ0n) is 17.3. The van der Waals surface area contributed by atoms with Gasteiger partial charge in [-0.3, -0.25) is 10.2 Å². The number of amides is 1. The Morgan fingerprint density at radius 2 is 1.04 bits per heavy atom. The molecule has 28 heavy (non-hydrogen) atoms. The van der Waals surface area contributed by atoms with Gasteiger partial charge >= 0.3 is 12.1 Å². The van der Waals surface area contributed by atoms with Crippen LogP contribution in [0.15, 0.2) is 0 Å². The van der Waals surface area contributed by atoms with Crippen molar-refractivity contribution in [1.82, 2.24) is 5.43 Å². The maximum absolute atomic E-state index is 10.9. The zero-order chi connectivity index (χ0) is 21.7. The third kappa shape index (κ3) is 24.7. The monoisotopic (exact) mass is 412 g/mol. The number of carbonyl (C=O) groups is 2. The molecule has 0 atom stereocenters. The van der Waals surface area contributed by atoms with Gasteiger partial charge in [-0.05, 0) is 6.42 Å². The van der Waals surface area contributed by atoms with Gasteiger partial charge in [-0.2, -0.15) is 13.2 Å². The lowest BCUT2D eigenvalue weighted by atomic mass is 10.0. The van der Waals surface area contributed by atoms with E-state index < -0.39 is 12.1 Å². The number of alkyl halides is 3. The summed E-state index contributed by atoms with van der Waals surface area (Å²) in [7, 11) is 0. The van der Waals surface area contributed by atoms with Gasteiger partial charge in [0.25, 0.3) is 0 Å². The third-order valence-electron chi connectivity index (χ3n) is 4.41. The number of hydrogen-bond acceptors (Lipinski definition) is 3. The summed E-state index contributed by atoms with van der Waals surface area (Å²) in [6.07, 6.45) is 15.7. The molecule has 0 saturated carbocycles. The molecule has 0 radical (unpaired) electrons. The second-order valence-corrected chi connectivity index (χ2v) is 7.07. The molecule has 0 saturated heterocycles. The number of hydrazine groups is 1. The van der Waals surface area contributed by atoms with Crippen molar-refractivity contribution in [3.05, 3.63) is 0 Å². The molecule has 0 aromatic rings. The van der Waals surface area contributed by atoms with Gasteiger partial charge in [0.2, 0.25) is 5.91 Å². The average Bonchev–Trinajstić information content (AvgIpc) is 2.64. The van der Waals surface area contributed by atoms with Crippen LogP contribution in [0.1, 0.15) is 110 Å². The lowest BCUT2D eigenvalue weighted by molar-refractivity contribution is -0.192. The second-order valence-electron chi connectivity index (χ2n) is 7.07. The fourth-order valence-corrected chi connectivity index (χ4v) is 2.73. The molecule has 0 aliphatic carbocycles. The Morgan fingerprint density at radius 1 is 0.750 bits per heavy atom. The number of rotatable bonds is 16. The van der Waals surface area contributed by atoms with Gasteiger partial charge in [0.1, 0.15) is 0 Å². The minimum absolute atomic E-state index is 0.0373. The minimum atomic E-state index is -5.08. The summed E-state index contributed by atoms with van der Waals surface area (Å²) in [4.78, 5) is 19.8. The summed E-state index contributed by atoms with van der Waals surface area (Å²) in [6, 6.07) is 0. The van der Waals surface area contributed by atoms with E-state index in [1.165, 1.54) is 83.5 Å². The van der Waals surface area contributed by atoms with E-state index in [9.17, 15) is 18.0 Å². The second kappa shape index (κ2) is 20.4. The van der Waals surface area contributed by atoms with E-state index in [2.05, 4.69) is 12.3 Å². The average molecular weight is 413 g/mol. The zero-order valence-corrected chi connectivity index (χ0v) is 17.3. The first kappa shape index (κ1) is 28.9. The van der Waals surface area contributed by atoms with E-state index in [0.29, 0.717) is 6.42 Å². The molecular weight excluding hydrogens is 373 g/mol. The highest BCUT2D eigenvalue weighted by Crippen LogP contribution is 2.14. The highest BCUT2D eigenvalue weighted by atomic mass is 19.4. The fraction of sp³-hybridized carbons (Fsp3) is 0.900. The summed E-state index contributed by atoms with van der Waals surface area (Å²) in [5, 5.41) is 7.12. The molecule has 4 N–H and O–H groups in total. The summed E-state index contributed by atoms with van der Waals surface area (Å²) in [6.45, 7) is 2.27. The van der Waals surface area contributed by atoms with Crippen LogP contribution in [0.25, 0.3) is 0 Å². The molecular formula is C20H39F3N2O3. The van der Waals surface area contributed by atoms with Crippen molar-refractivity contribution < 1.29 is 27.9 Å². The number of nitrogens with two attached hydrogens (primary N) is 1. The molecule has 0 aromatic heterocycles. The minimum Gasteiger partial charge on any atom is -0.475 e. The van der Waals surface area contributed by atoms with Gasteiger partial charge in [-0.15, -0.1) is 0 Å². The summed E-state index contributed by atoms with van der Waals surface area (Å²) in [5.74, 6) is 2.24. The van der Waals surface area contributed by atoms with Gasteiger partial charge in [0.15, 0.2) is 0 Å². The number of halogens is 3. The quantitative estimate of drug-likeness (QED) is 0.128. The van der Waals surface area contributed by atoms with Crippen LogP contribution in [0.3, 0.4) is 0 Å². The smallest absolute Gasteiger partial charge is 0.475 e. The number of carboxylic acid groups (broad SMARTS) is 1. The summed E-state index contributed by atoms with van der Waals surface area (Å²) >= 11 is 0. The highest BCUT2D eigenvalue weighted by molar-refractivity contribution is 5.75. The predicted octanol–water partition coefficient (Wildman–Crippen LogP) is 5.87. The van der Waals surface area contributed by atoms with Crippen LogP contribution >= 0.6 is 0 Å². The summed E-state index contributed by atoms with van der Waals surface area (Å²) in [5.41, 5.74) is 2.18. The van der Waals surface area contributed by atoms with Crippen LogP contribution in [-0.4, -0.2) is 23.2 Å².